The molecule has 1 saturated heterocycles. The lowest BCUT2D eigenvalue weighted by Gasteiger charge is -2.32. The molecule has 3 aromatic heterocycles. The van der Waals surface area contributed by atoms with Crippen LogP contribution in [0.4, 0.5) is 11.8 Å². The van der Waals surface area contributed by atoms with Crippen molar-refractivity contribution in [3.8, 4) is 11.3 Å². The molecule has 148 valence electrons. The van der Waals surface area contributed by atoms with Crippen LogP contribution in [0.1, 0.15) is 37.9 Å². The van der Waals surface area contributed by atoms with Crippen LogP contribution in [0.2, 0.25) is 0 Å². The molecule has 1 aliphatic heterocycles. The van der Waals surface area contributed by atoms with Gasteiger partial charge in [-0.15, -0.1) is 0 Å². The van der Waals surface area contributed by atoms with Crippen molar-refractivity contribution in [2.75, 3.05) is 18.4 Å². The SMILES string of the molecule is CCC(=O)N1CCCC(c2nc(Nc3ncccn3)cc(-c3cccnc3)n2)C1. The predicted octanol–water partition coefficient (Wildman–Crippen LogP) is 3.19. The van der Waals surface area contributed by atoms with Crippen LogP contribution in [0, 0.1) is 0 Å². The summed E-state index contributed by atoms with van der Waals surface area (Å²) >= 11 is 0. The molecule has 0 bridgehead atoms. The minimum absolute atomic E-state index is 0.0908. The van der Waals surface area contributed by atoms with Crippen molar-refractivity contribution in [2.45, 2.75) is 32.1 Å². The highest BCUT2D eigenvalue weighted by Crippen LogP contribution is 2.29. The van der Waals surface area contributed by atoms with Gasteiger partial charge in [0.05, 0.1) is 5.69 Å². The van der Waals surface area contributed by atoms with Gasteiger partial charge in [-0.3, -0.25) is 9.78 Å². The van der Waals surface area contributed by atoms with Gasteiger partial charge >= 0.3 is 0 Å². The number of carbonyl (C=O) groups is 1. The molecule has 1 amide bonds. The smallest absolute Gasteiger partial charge is 0.228 e. The summed E-state index contributed by atoms with van der Waals surface area (Å²) in [7, 11) is 0. The van der Waals surface area contributed by atoms with Crippen LogP contribution in [-0.4, -0.2) is 48.8 Å². The van der Waals surface area contributed by atoms with E-state index in [2.05, 4.69) is 20.3 Å². The van der Waals surface area contributed by atoms with Gasteiger partial charge in [0.1, 0.15) is 11.6 Å². The lowest BCUT2D eigenvalue weighted by Crippen LogP contribution is -2.39. The van der Waals surface area contributed by atoms with E-state index in [1.165, 1.54) is 0 Å². The molecule has 4 heterocycles. The van der Waals surface area contributed by atoms with E-state index < -0.39 is 0 Å². The van der Waals surface area contributed by atoms with Gasteiger partial charge in [-0.05, 0) is 31.0 Å². The Hall–Kier alpha value is -3.42. The minimum atomic E-state index is 0.0908. The lowest BCUT2D eigenvalue weighted by atomic mass is 9.96. The van der Waals surface area contributed by atoms with Crippen LogP contribution in [0.25, 0.3) is 11.3 Å². The van der Waals surface area contributed by atoms with Crippen molar-refractivity contribution in [2.24, 2.45) is 0 Å². The van der Waals surface area contributed by atoms with Gasteiger partial charge in [0, 0.05) is 61.8 Å². The number of likely N-dealkylation sites (tertiary alicyclic amines) is 1. The summed E-state index contributed by atoms with van der Waals surface area (Å²) in [6.45, 7) is 3.34. The second kappa shape index (κ2) is 8.72. The van der Waals surface area contributed by atoms with Crippen molar-refractivity contribution >= 4 is 17.7 Å². The molecule has 0 aliphatic carbocycles. The molecule has 1 aliphatic rings. The summed E-state index contributed by atoms with van der Waals surface area (Å²) in [4.78, 5) is 36.3. The van der Waals surface area contributed by atoms with E-state index in [9.17, 15) is 4.79 Å². The van der Waals surface area contributed by atoms with E-state index in [4.69, 9.17) is 9.97 Å². The third-order valence-electron chi connectivity index (χ3n) is 4.95. The van der Waals surface area contributed by atoms with Crippen molar-refractivity contribution in [3.63, 3.8) is 0 Å². The van der Waals surface area contributed by atoms with E-state index in [0.29, 0.717) is 24.7 Å². The second-order valence-corrected chi connectivity index (χ2v) is 6.97. The molecule has 0 aromatic carbocycles. The number of nitrogens with one attached hydrogen (secondary N) is 1. The average Bonchev–Trinajstić information content (AvgIpc) is 2.79. The monoisotopic (exact) mass is 389 g/mol. The first-order valence-corrected chi connectivity index (χ1v) is 9.84. The summed E-state index contributed by atoms with van der Waals surface area (Å²) in [5.41, 5.74) is 1.69. The summed E-state index contributed by atoms with van der Waals surface area (Å²) < 4.78 is 0. The zero-order valence-electron chi connectivity index (χ0n) is 16.3. The number of pyridine rings is 1. The molecular formula is C21H23N7O. The van der Waals surface area contributed by atoms with Crippen LogP contribution in [0.15, 0.2) is 49.1 Å². The van der Waals surface area contributed by atoms with Gasteiger partial charge in [0.25, 0.3) is 0 Å². The van der Waals surface area contributed by atoms with Gasteiger partial charge in [0.15, 0.2) is 0 Å². The first-order chi connectivity index (χ1) is 14.2. The number of hydrogen-bond acceptors (Lipinski definition) is 7. The van der Waals surface area contributed by atoms with Crippen LogP contribution in [0.5, 0.6) is 0 Å². The first-order valence-electron chi connectivity index (χ1n) is 9.84. The summed E-state index contributed by atoms with van der Waals surface area (Å²) in [5.74, 6) is 2.08. The molecule has 0 radical (unpaired) electrons. The highest BCUT2D eigenvalue weighted by Gasteiger charge is 2.26. The standard InChI is InChI=1S/C21H23N7O/c1-2-19(29)28-11-4-7-16(14-28)20-25-17(15-6-3-8-22-13-15)12-18(26-20)27-21-23-9-5-10-24-21/h3,5-6,8-10,12-13,16H,2,4,7,11,14H2,1H3,(H,23,24,25,26,27). The maximum absolute atomic E-state index is 12.2. The Kier molecular flexibility index (Phi) is 5.69. The lowest BCUT2D eigenvalue weighted by molar-refractivity contribution is -0.132. The number of hydrogen-bond donors (Lipinski definition) is 1. The zero-order chi connectivity index (χ0) is 20.1. The maximum atomic E-state index is 12.2. The number of aromatic nitrogens is 5. The Labute approximate surface area is 169 Å². The van der Waals surface area contributed by atoms with Gasteiger partial charge in [-0.25, -0.2) is 19.9 Å². The fourth-order valence-electron chi connectivity index (χ4n) is 3.49. The summed E-state index contributed by atoms with van der Waals surface area (Å²) in [5, 5.41) is 3.16. The minimum Gasteiger partial charge on any atom is -0.342 e. The van der Waals surface area contributed by atoms with Crippen molar-refractivity contribution < 1.29 is 4.79 Å². The molecule has 8 heteroatoms. The molecule has 1 unspecified atom stereocenters. The molecule has 4 rings (SSSR count). The molecule has 1 atom stereocenters. The normalized spacial score (nSPS) is 16.4. The topological polar surface area (TPSA) is 96.8 Å². The number of anilines is 2. The zero-order valence-corrected chi connectivity index (χ0v) is 16.3. The summed E-state index contributed by atoms with van der Waals surface area (Å²) in [6.07, 6.45) is 9.28. The quantitative estimate of drug-likeness (QED) is 0.716. The Morgan fingerprint density at radius 1 is 1.21 bits per heavy atom. The Morgan fingerprint density at radius 3 is 2.83 bits per heavy atom. The molecule has 8 nitrogen and oxygen atoms in total. The van der Waals surface area contributed by atoms with Gasteiger partial charge in [0.2, 0.25) is 11.9 Å². The third-order valence-corrected chi connectivity index (χ3v) is 4.95. The molecule has 3 aromatic rings. The van der Waals surface area contributed by atoms with Gasteiger partial charge in [-0.2, -0.15) is 0 Å². The number of carbonyl (C=O) groups excluding carboxylic acids is 1. The Bertz CT molecular complexity index is 965. The number of rotatable bonds is 5. The van der Waals surface area contributed by atoms with E-state index in [1.54, 1.807) is 30.9 Å². The maximum Gasteiger partial charge on any atom is 0.228 e. The van der Waals surface area contributed by atoms with Crippen LogP contribution in [0.3, 0.4) is 0 Å². The number of piperidine rings is 1. The fraction of sp³-hybridized carbons (Fsp3) is 0.333. The Morgan fingerprint density at radius 2 is 2.07 bits per heavy atom. The molecule has 0 spiro atoms. The third kappa shape index (κ3) is 4.53. The number of amides is 1. The molecule has 1 fully saturated rings. The van der Waals surface area contributed by atoms with E-state index in [0.717, 1.165) is 36.5 Å². The molecule has 1 N–H and O–H groups in total. The van der Waals surface area contributed by atoms with Crippen molar-refractivity contribution in [1.82, 2.24) is 29.8 Å². The average molecular weight is 389 g/mol. The predicted molar refractivity (Wildman–Crippen MR) is 109 cm³/mol. The highest BCUT2D eigenvalue weighted by molar-refractivity contribution is 5.76. The number of nitrogens with zero attached hydrogens (tertiary/aromatic N) is 6. The molecular weight excluding hydrogens is 366 g/mol. The van der Waals surface area contributed by atoms with Crippen molar-refractivity contribution in [1.29, 1.82) is 0 Å². The molecule has 0 saturated carbocycles. The van der Waals surface area contributed by atoms with Crippen LogP contribution < -0.4 is 5.32 Å². The fourth-order valence-corrected chi connectivity index (χ4v) is 3.49. The molecule has 29 heavy (non-hydrogen) atoms. The van der Waals surface area contributed by atoms with E-state index >= 15 is 0 Å². The highest BCUT2D eigenvalue weighted by atomic mass is 16.2. The first kappa shape index (κ1) is 18.9. The largest absolute Gasteiger partial charge is 0.342 e. The second-order valence-electron chi connectivity index (χ2n) is 6.97. The van der Waals surface area contributed by atoms with Crippen LogP contribution >= 0.6 is 0 Å². The van der Waals surface area contributed by atoms with Gasteiger partial charge < -0.3 is 10.2 Å². The Balaban J connectivity index is 1.68. The summed E-state index contributed by atoms with van der Waals surface area (Å²) in [6, 6.07) is 7.48. The van der Waals surface area contributed by atoms with Crippen molar-refractivity contribution in [3.05, 3.63) is 54.9 Å². The van der Waals surface area contributed by atoms with E-state index in [1.807, 2.05) is 30.0 Å². The van der Waals surface area contributed by atoms with Gasteiger partial charge in [-0.1, -0.05) is 6.92 Å². The van der Waals surface area contributed by atoms with Crippen LogP contribution in [-0.2, 0) is 4.79 Å². The van der Waals surface area contributed by atoms with E-state index in [-0.39, 0.29) is 11.8 Å².